The second kappa shape index (κ2) is 8.22. The lowest BCUT2D eigenvalue weighted by Crippen LogP contribution is -2.45. The van der Waals surface area contributed by atoms with Crippen LogP contribution in [0.5, 0.6) is 0 Å². The van der Waals surface area contributed by atoms with E-state index in [4.69, 9.17) is 23.2 Å². The van der Waals surface area contributed by atoms with Crippen LogP contribution >= 0.6 is 23.2 Å². The van der Waals surface area contributed by atoms with Crippen LogP contribution in [0.3, 0.4) is 0 Å². The van der Waals surface area contributed by atoms with Crippen molar-refractivity contribution in [3.05, 3.63) is 28.2 Å². The highest BCUT2D eigenvalue weighted by atomic mass is 35.5. The van der Waals surface area contributed by atoms with E-state index in [9.17, 15) is 9.59 Å². The third kappa shape index (κ3) is 5.53. The first-order valence-electron chi connectivity index (χ1n) is 6.41. The Hall–Kier alpha value is -1.30. The summed E-state index contributed by atoms with van der Waals surface area (Å²) in [5.41, 5.74) is 0.426. The normalized spacial score (nSPS) is 12.1. The highest BCUT2D eigenvalue weighted by Gasteiger charge is 2.23. The molecule has 0 aliphatic carbocycles. The van der Waals surface area contributed by atoms with E-state index in [2.05, 4.69) is 15.4 Å². The van der Waals surface area contributed by atoms with Crippen molar-refractivity contribution in [1.29, 1.82) is 0 Å². The third-order valence-electron chi connectivity index (χ3n) is 2.81. The molecule has 1 aromatic carbocycles. The number of benzene rings is 1. The van der Waals surface area contributed by atoms with E-state index in [1.165, 1.54) is 7.11 Å². The lowest BCUT2D eigenvalue weighted by atomic mass is 10.0. The number of carbonyl (C=O) groups is 2. The topological polar surface area (TPSA) is 67.4 Å². The SMILES string of the molecule is COC(=O)C(NCC(=O)Nc1cc(Cl)ccc1Cl)C(C)C. The minimum absolute atomic E-state index is 0.00000712. The molecule has 21 heavy (non-hydrogen) atoms. The zero-order valence-corrected chi connectivity index (χ0v) is 13.6. The Morgan fingerprint density at radius 2 is 1.95 bits per heavy atom. The fraction of sp³-hybridized carbons (Fsp3) is 0.429. The minimum atomic E-state index is -0.546. The van der Waals surface area contributed by atoms with Crippen LogP contribution in [0.15, 0.2) is 18.2 Å². The summed E-state index contributed by atoms with van der Waals surface area (Å²) >= 11 is 11.8. The van der Waals surface area contributed by atoms with Crippen LogP contribution in [0.1, 0.15) is 13.8 Å². The molecular formula is C14H18Cl2N2O3. The van der Waals surface area contributed by atoms with E-state index < -0.39 is 12.0 Å². The summed E-state index contributed by atoms with van der Waals surface area (Å²) in [6.45, 7) is 3.68. The van der Waals surface area contributed by atoms with Gasteiger partial charge in [-0.25, -0.2) is 0 Å². The molecule has 0 fully saturated rings. The van der Waals surface area contributed by atoms with E-state index in [-0.39, 0.29) is 18.4 Å². The molecule has 0 spiro atoms. The molecule has 1 rings (SSSR count). The molecule has 7 heteroatoms. The summed E-state index contributed by atoms with van der Waals surface area (Å²) in [5.74, 6) is -0.729. The summed E-state index contributed by atoms with van der Waals surface area (Å²) < 4.78 is 4.69. The smallest absolute Gasteiger partial charge is 0.323 e. The molecule has 1 unspecified atom stereocenters. The van der Waals surface area contributed by atoms with Gasteiger partial charge >= 0.3 is 5.97 Å². The van der Waals surface area contributed by atoms with Gasteiger partial charge in [0.2, 0.25) is 5.91 Å². The summed E-state index contributed by atoms with van der Waals surface area (Å²) in [7, 11) is 1.31. The van der Waals surface area contributed by atoms with Crippen molar-refractivity contribution in [2.75, 3.05) is 19.0 Å². The number of anilines is 1. The lowest BCUT2D eigenvalue weighted by Gasteiger charge is -2.19. The van der Waals surface area contributed by atoms with Crippen molar-refractivity contribution >= 4 is 40.8 Å². The Labute approximate surface area is 133 Å². The number of amides is 1. The predicted molar refractivity (Wildman–Crippen MR) is 83.7 cm³/mol. The number of carbonyl (C=O) groups excluding carboxylic acids is 2. The van der Waals surface area contributed by atoms with Crippen molar-refractivity contribution in [2.24, 2.45) is 5.92 Å². The van der Waals surface area contributed by atoms with Crippen LogP contribution in [0, 0.1) is 5.92 Å². The molecule has 0 aliphatic heterocycles. The number of ether oxygens (including phenoxy) is 1. The Balaban J connectivity index is 2.61. The average Bonchev–Trinajstić information content (AvgIpc) is 2.42. The zero-order chi connectivity index (χ0) is 16.0. The fourth-order valence-electron chi connectivity index (χ4n) is 1.71. The maximum atomic E-state index is 11.9. The number of methoxy groups -OCH3 is 1. The van der Waals surface area contributed by atoms with E-state index in [0.717, 1.165) is 0 Å². The summed E-state index contributed by atoms with van der Waals surface area (Å²) in [6, 6.07) is 4.24. The molecule has 116 valence electrons. The van der Waals surface area contributed by atoms with Gasteiger partial charge < -0.3 is 10.1 Å². The van der Waals surface area contributed by atoms with Gasteiger partial charge in [-0.05, 0) is 24.1 Å². The Morgan fingerprint density at radius 1 is 1.29 bits per heavy atom. The molecule has 0 saturated heterocycles. The van der Waals surface area contributed by atoms with Gasteiger partial charge in [-0.1, -0.05) is 37.0 Å². The standard InChI is InChI=1S/C14H18Cl2N2O3/c1-8(2)13(14(20)21-3)17-7-12(19)18-11-6-9(15)4-5-10(11)16/h4-6,8,13,17H,7H2,1-3H3,(H,18,19). The maximum Gasteiger partial charge on any atom is 0.323 e. The number of esters is 1. The van der Waals surface area contributed by atoms with Crippen LogP contribution in [0.4, 0.5) is 5.69 Å². The van der Waals surface area contributed by atoms with Gasteiger partial charge in [-0.2, -0.15) is 0 Å². The van der Waals surface area contributed by atoms with Crippen LogP contribution in [0.2, 0.25) is 10.0 Å². The van der Waals surface area contributed by atoms with Crippen molar-refractivity contribution in [1.82, 2.24) is 5.32 Å². The number of nitrogens with one attached hydrogen (secondary N) is 2. The third-order valence-corrected chi connectivity index (χ3v) is 3.37. The Bertz CT molecular complexity index is 521. The van der Waals surface area contributed by atoms with Crippen molar-refractivity contribution in [2.45, 2.75) is 19.9 Å². The summed E-state index contributed by atoms with van der Waals surface area (Å²) in [6.07, 6.45) is 0. The molecule has 1 amide bonds. The van der Waals surface area contributed by atoms with Gasteiger partial charge in [-0.3, -0.25) is 14.9 Å². The van der Waals surface area contributed by atoms with Gasteiger partial charge in [0, 0.05) is 5.02 Å². The maximum absolute atomic E-state index is 11.9. The zero-order valence-electron chi connectivity index (χ0n) is 12.1. The molecule has 5 nitrogen and oxygen atoms in total. The number of hydrogen-bond donors (Lipinski definition) is 2. The van der Waals surface area contributed by atoms with Crippen LogP contribution < -0.4 is 10.6 Å². The molecule has 0 saturated carbocycles. The van der Waals surface area contributed by atoms with Crippen molar-refractivity contribution in [3.63, 3.8) is 0 Å². The van der Waals surface area contributed by atoms with E-state index in [0.29, 0.717) is 15.7 Å². The van der Waals surface area contributed by atoms with Crippen LogP contribution in [-0.2, 0) is 14.3 Å². The fourth-order valence-corrected chi connectivity index (χ4v) is 2.05. The summed E-state index contributed by atoms with van der Waals surface area (Å²) in [5, 5.41) is 6.35. The summed E-state index contributed by atoms with van der Waals surface area (Å²) in [4.78, 5) is 23.5. The van der Waals surface area contributed by atoms with E-state index in [1.807, 2.05) is 13.8 Å². The van der Waals surface area contributed by atoms with Gasteiger partial charge in [0.15, 0.2) is 0 Å². The molecule has 0 aromatic heterocycles. The average molecular weight is 333 g/mol. The highest BCUT2D eigenvalue weighted by molar-refractivity contribution is 6.35. The second-order valence-corrected chi connectivity index (χ2v) is 5.64. The van der Waals surface area contributed by atoms with Crippen molar-refractivity contribution in [3.8, 4) is 0 Å². The highest BCUT2D eigenvalue weighted by Crippen LogP contribution is 2.25. The monoisotopic (exact) mass is 332 g/mol. The lowest BCUT2D eigenvalue weighted by molar-refractivity contribution is -0.144. The number of hydrogen-bond acceptors (Lipinski definition) is 4. The first-order valence-corrected chi connectivity index (χ1v) is 7.17. The molecule has 1 aromatic rings. The largest absolute Gasteiger partial charge is 0.468 e. The predicted octanol–water partition coefficient (Wildman–Crippen LogP) is 2.72. The van der Waals surface area contributed by atoms with Crippen LogP contribution in [-0.4, -0.2) is 31.6 Å². The second-order valence-electron chi connectivity index (χ2n) is 4.80. The first kappa shape index (κ1) is 17.8. The molecule has 0 bridgehead atoms. The molecule has 1 atom stereocenters. The quantitative estimate of drug-likeness (QED) is 0.786. The first-order chi connectivity index (χ1) is 9.85. The number of halogens is 2. The van der Waals surface area contributed by atoms with Gasteiger partial charge in [-0.15, -0.1) is 0 Å². The minimum Gasteiger partial charge on any atom is -0.468 e. The number of rotatable bonds is 6. The molecular weight excluding hydrogens is 315 g/mol. The van der Waals surface area contributed by atoms with E-state index >= 15 is 0 Å². The van der Waals surface area contributed by atoms with Crippen LogP contribution in [0.25, 0.3) is 0 Å². The van der Waals surface area contributed by atoms with Gasteiger partial charge in [0.05, 0.1) is 24.4 Å². The molecule has 2 N–H and O–H groups in total. The molecule has 0 radical (unpaired) electrons. The molecule has 0 heterocycles. The Kier molecular flexibility index (Phi) is 6.95. The van der Waals surface area contributed by atoms with E-state index in [1.54, 1.807) is 18.2 Å². The van der Waals surface area contributed by atoms with Crippen molar-refractivity contribution < 1.29 is 14.3 Å². The van der Waals surface area contributed by atoms with Gasteiger partial charge in [0.25, 0.3) is 0 Å². The van der Waals surface area contributed by atoms with Gasteiger partial charge in [0.1, 0.15) is 6.04 Å². The molecule has 0 aliphatic rings. The Morgan fingerprint density at radius 3 is 2.52 bits per heavy atom.